The van der Waals surface area contributed by atoms with Crippen molar-refractivity contribution in [2.24, 2.45) is 10.7 Å². The molecule has 1 saturated heterocycles. The van der Waals surface area contributed by atoms with E-state index in [-0.39, 0.29) is 5.54 Å². The topological polar surface area (TPSA) is 41.6 Å². The number of nitrogens with two attached hydrogens (primary N) is 1. The number of aliphatic imine (C=N–C) groups is 1. The summed E-state index contributed by atoms with van der Waals surface area (Å²) in [5.74, 6) is 1.78. The van der Waals surface area contributed by atoms with Gasteiger partial charge < -0.3 is 10.6 Å². The number of halogens is 1. The fraction of sp³-hybridized carbons (Fsp3) is 0.462. The van der Waals surface area contributed by atoms with Crippen LogP contribution in [0.15, 0.2) is 29.3 Å². The fourth-order valence-corrected chi connectivity index (χ4v) is 4.48. The second-order valence-corrected chi connectivity index (χ2v) is 6.74. The van der Waals surface area contributed by atoms with E-state index in [1.54, 1.807) is 0 Å². The average Bonchev–Trinajstić information content (AvgIpc) is 2.85. The van der Waals surface area contributed by atoms with Gasteiger partial charge in [0, 0.05) is 16.0 Å². The second kappa shape index (κ2) is 4.35. The number of guanidine groups is 1. The van der Waals surface area contributed by atoms with Gasteiger partial charge >= 0.3 is 0 Å². The maximum atomic E-state index is 6.10. The van der Waals surface area contributed by atoms with Crippen LogP contribution in [-0.4, -0.2) is 29.0 Å². The van der Waals surface area contributed by atoms with Crippen molar-refractivity contribution < 1.29 is 0 Å². The highest BCUT2D eigenvalue weighted by Gasteiger charge is 2.50. The maximum absolute atomic E-state index is 6.10. The van der Waals surface area contributed by atoms with Crippen molar-refractivity contribution in [3.63, 3.8) is 0 Å². The Morgan fingerprint density at radius 1 is 1.56 bits per heavy atom. The van der Waals surface area contributed by atoms with Crippen molar-refractivity contribution in [2.75, 3.05) is 17.2 Å². The molecule has 0 amide bonds. The van der Waals surface area contributed by atoms with Crippen LogP contribution < -0.4 is 10.6 Å². The lowest BCUT2D eigenvalue weighted by Gasteiger charge is -2.39. The van der Waals surface area contributed by atoms with Gasteiger partial charge in [0.15, 0.2) is 5.96 Å². The lowest BCUT2D eigenvalue weighted by atomic mass is 9.91. The van der Waals surface area contributed by atoms with E-state index >= 15 is 0 Å². The highest BCUT2D eigenvalue weighted by Crippen LogP contribution is 2.44. The number of hydrogen-bond acceptors (Lipinski definition) is 4. The predicted molar refractivity (Wildman–Crippen MR) is 79.7 cm³/mol. The zero-order chi connectivity index (χ0) is 12.8. The van der Waals surface area contributed by atoms with Gasteiger partial charge in [-0.3, -0.25) is 4.99 Å². The van der Waals surface area contributed by atoms with Crippen LogP contribution in [0.2, 0.25) is 5.02 Å². The third kappa shape index (κ3) is 1.70. The first kappa shape index (κ1) is 12.2. The number of anilines is 1. The molecule has 0 radical (unpaired) electrons. The van der Waals surface area contributed by atoms with Crippen LogP contribution in [0.3, 0.4) is 0 Å². The first-order valence-electron chi connectivity index (χ1n) is 6.11. The molecule has 0 bridgehead atoms. The fourth-order valence-electron chi connectivity index (χ4n) is 2.86. The molecule has 2 aliphatic rings. The van der Waals surface area contributed by atoms with Crippen molar-refractivity contribution in [3.05, 3.63) is 29.3 Å². The predicted octanol–water partition coefficient (Wildman–Crippen LogP) is 2.74. The second-order valence-electron chi connectivity index (χ2n) is 4.86. The van der Waals surface area contributed by atoms with E-state index < -0.39 is 0 Å². The van der Waals surface area contributed by atoms with Gasteiger partial charge in [-0.1, -0.05) is 24.6 Å². The van der Waals surface area contributed by atoms with Crippen molar-refractivity contribution in [3.8, 4) is 0 Å². The molecule has 3 rings (SSSR count). The Hall–Kier alpha value is -0.870. The molecule has 2 N–H and O–H groups in total. The SMILES string of the molecule is CC1SCCC12CN=C(N)N2c1cccc(Cl)c1. The lowest BCUT2D eigenvalue weighted by molar-refractivity contribution is 0.460. The van der Waals surface area contributed by atoms with Crippen LogP contribution in [0.4, 0.5) is 5.69 Å². The molecule has 0 aliphatic carbocycles. The zero-order valence-corrected chi connectivity index (χ0v) is 11.8. The standard InChI is InChI=1S/C13H16ClN3S/c1-9-13(5-6-18-9)8-16-12(15)17(13)11-4-2-3-10(14)7-11/h2-4,7,9H,5-6,8H2,1H3,(H2,15,16). The largest absolute Gasteiger partial charge is 0.369 e. The first-order valence-corrected chi connectivity index (χ1v) is 7.53. The molecule has 96 valence electrons. The molecule has 1 aromatic carbocycles. The van der Waals surface area contributed by atoms with Gasteiger partial charge in [-0.05, 0) is 30.4 Å². The molecule has 1 aromatic rings. The number of nitrogens with zero attached hydrogens (tertiary/aromatic N) is 2. The molecule has 0 aromatic heterocycles. The van der Waals surface area contributed by atoms with Crippen molar-refractivity contribution in [1.29, 1.82) is 0 Å². The molecular formula is C13H16ClN3S. The van der Waals surface area contributed by atoms with Crippen molar-refractivity contribution in [2.45, 2.75) is 24.1 Å². The molecule has 18 heavy (non-hydrogen) atoms. The van der Waals surface area contributed by atoms with Gasteiger partial charge in [-0.2, -0.15) is 11.8 Å². The van der Waals surface area contributed by atoms with E-state index in [0.717, 1.165) is 23.7 Å². The van der Waals surface area contributed by atoms with Gasteiger partial charge in [0.25, 0.3) is 0 Å². The van der Waals surface area contributed by atoms with Gasteiger partial charge in [-0.15, -0.1) is 0 Å². The molecular weight excluding hydrogens is 266 g/mol. The third-order valence-electron chi connectivity index (χ3n) is 3.92. The Bertz CT molecular complexity index is 505. The minimum Gasteiger partial charge on any atom is -0.369 e. The molecule has 3 nitrogen and oxygen atoms in total. The van der Waals surface area contributed by atoms with Crippen LogP contribution in [0.1, 0.15) is 13.3 Å². The molecule has 0 saturated carbocycles. The van der Waals surface area contributed by atoms with E-state index in [0.29, 0.717) is 11.2 Å². The summed E-state index contributed by atoms with van der Waals surface area (Å²) >= 11 is 8.08. The number of thioether (sulfide) groups is 1. The monoisotopic (exact) mass is 281 g/mol. The van der Waals surface area contributed by atoms with Crippen molar-refractivity contribution in [1.82, 2.24) is 0 Å². The summed E-state index contributed by atoms with van der Waals surface area (Å²) in [7, 11) is 0. The highest BCUT2D eigenvalue weighted by atomic mass is 35.5. The van der Waals surface area contributed by atoms with Crippen molar-refractivity contribution >= 4 is 35.0 Å². The Balaban J connectivity index is 2.04. The van der Waals surface area contributed by atoms with E-state index in [4.69, 9.17) is 17.3 Å². The minimum absolute atomic E-state index is 0.0411. The van der Waals surface area contributed by atoms with E-state index in [1.165, 1.54) is 5.75 Å². The minimum atomic E-state index is 0.0411. The van der Waals surface area contributed by atoms with Crippen LogP contribution >= 0.6 is 23.4 Å². The summed E-state index contributed by atoms with van der Waals surface area (Å²) in [5, 5.41) is 1.27. The molecule has 5 heteroatoms. The maximum Gasteiger partial charge on any atom is 0.196 e. The summed E-state index contributed by atoms with van der Waals surface area (Å²) in [6, 6.07) is 7.86. The molecule has 1 fully saturated rings. The Kier molecular flexibility index (Phi) is 2.94. The molecule has 1 spiro atoms. The van der Waals surface area contributed by atoms with E-state index in [2.05, 4.69) is 22.9 Å². The van der Waals surface area contributed by atoms with Crippen LogP contribution in [0, 0.1) is 0 Å². The Morgan fingerprint density at radius 3 is 3.06 bits per heavy atom. The third-order valence-corrected chi connectivity index (χ3v) is 5.53. The summed E-state index contributed by atoms with van der Waals surface area (Å²) in [4.78, 5) is 6.66. The van der Waals surface area contributed by atoms with Gasteiger partial charge in [-0.25, -0.2) is 0 Å². The average molecular weight is 282 g/mol. The molecule has 2 aliphatic heterocycles. The zero-order valence-electron chi connectivity index (χ0n) is 10.3. The van der Waals surface area contributed by atoms with Gasteiger partial charge in [0.2, 0.25) is 0 Å². The summed E-state index contributed by atoms with van der Waals surface area (Å²) in [6.45, 7) is 3.06. The Labute approximate surface area is 116 Å². The van der Waals surface area contributed by atoms with Crippen LogP contribution in [0.25, 0.3) is 0 Å². The van der Waals surface area contributed by atoms with E-state index in [1.807, 2.05) is 30.0 Å². The quantitative estimate of drug-likeness (QED) is 0.861. The van der Waals surface area contributed by atoms with Gasteiger partial charge in [0.05, 0.1) is 12.1 Å². The molecule has 2 atom stereocenters. The number of rotatable bonds is 1. The number of benzene rings is 1. The highest BCUT2D eigenvalue weighted by molar-refractivity contribution is 8.00. The van der Waals surface area contributed by atoms with E-state index in [9.17, 15) is 0 Å². The van der Waals surface area contributed by atoms with Gasteiger partial charge in [0.1, 0.15) is 0 Å². The normalized spacial score (nSPS) is 31.1. The summed E-state index contributed by atoms with van der Waals surface area (Å²) in [6.07, 6.45) is 1.12. The summed E-state index contributed by atoms with van der Waals surface area (Å²) in [5.41, 5.74) is 7.19. The Morgan fingerprint density at radius 2 is 2.39 bits per heavy atom. The molecule has 2 unspecified atom stereocenters. The van der Waals surface area contributed by atoms with Crippen LogP contribution in [-0.2, 0) is 0 Å². The summed E-state index contributed by atoms with van der Waals surface area (Å²) < 4.78 is 0. The smallest absolute Gasteiger partial charge is 0.196 e. The lowest BCUT2D eigenvalue weighted by Crippen LogP contribution is -2.55. The molecule has 2 heterocycles. The number of hydrogen-bond donors (Lipinski definition) is 1. The van der Waals surface area contributed by atoms with Crippen LogP contribution in [0.5, 0.6) is 0 Å². The first-order chi connectivity index (χ1) is 8.63.